The Bertz CT molecular complexity index is 753. The summed E-state index contributed by atoms with van der Waals surface area (Å²) in [5.41, 5.74) is 7.57. The lowest BCUT2D eigenvalue weighted by Crippen LogP contribution is -2.23. The number of nitrogens with two attached hydrogens (primary N) is 1. The van der Waals surface area contributed by atoms with Gasteiger partial charge in [0.15, 0.2) is 11.6 Å². The van der Waals surface area contributed by atoms with Crippen molar-refractivity contribution >= 4 is 49.1 Å². The molecule has 0 bridgehead atoms. The van der Waals surface area contributed by atoms with Crippen molar-refractivity contribution < 1.29 is 9.59 Å². The average Bonchev–Trinajstić information content (AvgIpc) is 2.38. The van der Waals surface area contributed by atoms with Gasteiger partial charge in [0.05, 0.1) is 5.56 Å². The van der Waals surface area contributed by atoms with E-state index >= 15 is 0 Å². The summed E-state index contributed by atoms with van der Waals surface area (Å²) in [5.74, 6) is -0.416. The maximum absolute atomic E-state index is 12.6. The van der Waals surface area contributed by atoms with Crippen LogP contribution in [0.2, 0.25) is 0 Å². The highest BCUT2D eigenvalue weighted by Gasteiger charge is 2.34. The third-order valence-electron chi connectivity index (χ3n) is 3.13. The van der Waals surface area contributed by atoms with Crippen molar-refractivity contribution in [3.05, 3.63) is 61.5 Å². The molecule has 2 N–H and O–H groups in total. The number of anilines is 1. The van der Waals surface area contributed by atoms with Gasteiger partial charge >= 0.3 is 0 Å². The average molecular weight is 381 g/mol. The number of fused-ring (bicyclic) bond motifs is 2. The summed E-state index contributed by atoms with van der Waals surface area (Å²) < 4.78 is 1.20. The van der Waals surface area contributed by atoms with Gasteiger partial charge in [-0.3, -0.25) is 9.59 Å². The Morgan fingerprint density at radius 1 is 0.789 bits per heavy atom. The molecule has 0 radical (unpaired) electrons. The van der Waals surface area contributed by atoms with E-state index in [0.717, 1.165) is 0 Å². The first kappa shape index (κ1) is 12.6. The van der Waals surface area contributed by atoms with Crippen molar-refractivity contribution in [2.45, 2.75) is 0 Å². The molecule has 2 aromatic rings. The predicted octanol–water partition coefficient (Wildman–Crippen LogP) is 3.57. The van der Waals surface area contributed by atoms with Crippen LogP contribution in [0.3, 0.4) is 0 Å². The lowest BCUT2D eigenvalue weighted by atomic mass is 9.83. The van der Waals surface area contributed by atoms with Crippen molar-refractivity contribution in [1.82, 2.24) is 0 Å². The van der Waals surface area contributed by atoms with Crippen molar-refractivity contribution in [3.8, 4) is 0 Å². The second kappa shape index (κ2) is 4.28. The molecular weight excluding hydrogens is 374 g/mol. The lowest BCUT2D eigenvalue weighted by molar-refractivity contribution is 0.0978. The van der Waals surface area contributed by atoms with Gasteiger partial charge in [-0.05, 0) is 18.2 Å². The number of benzene rings is 2. The Hall–Kier alpha value is -1.46. The zero-order chi connectivity index (χ0) is 13.7. The molecule has 5 heteroatoms. The van der Waals surface area contributed by atoms with E-state index in [4.69, 9.17) is 5.73 Å². The van der Waals surface area contributed by atoms with Gasteiger partial charge in [0.1, 0.15) is 0 Å². The smallest absolute Gasteiger partial charge is 0.197 e. The molecule has 0 atom stereocenters. The number of hydrogen-bond donors (Lipinski definition) is 1. The van der Waals surface area contributed by atoms with Gasteiger partial charge in [-0.15, -0.1) is 0 Å². The van der Waals surface area contributed by atoms with Crippen molar-refractivity contribution in [2.75, 3.05) is 5.73 Å². The van der Waals surface area contributed by atoms with E-state index in [1.807, 2.05) is 0 Å². The summed E-state index contributed by atoms with van der Waals surface area (Å²) >= 11 is 6.66. The minimum absolute atomic E-state index is 0.190. The largest absolute Gasteiger partial charge is 0.398 e. The molecule has 0 heterocycles. The number of carbonyl (C=O) groups excluding carboxylic acids is 2. The van der Waals surface area contributed by atoms with Crippen molar-refractivity contribution in [3.63, 3.8) is 0 Å². The molecule has 0 aliphatic heterocycles. The van der Waals surface area contributed by atoms with Crippen LogP contribution in [0.1, 0.15) is 31.8 Å². The van der Waals surface area contributed by atoms with E-state index < -0.39 is 0 Å². The highest BCUT2D eigenvalue weighted by molar-refractivity contribution is 9.11. The minimum atomic E-state index is -0.226. The summed E-state index contributed by atoms with van der Waals surface area (Å²) in [6, 6.07) is 8.41. The Kier molecular flexibility index (Phi) is 2.83. The van der Waals surface area contributed by atoms with Gasteiger partial charge in [-0.1, -0.05) is 44.0 Å². The van der Waals surface area contributed by atoms with Gasteiger partial charge in [-0.2, -0.15) is 0 Å². The zero-order valence-electron chi connectivity index (χ0n) is 9.54. The second-order valence-corrected chi connectivity index (χ2v) is 5.92. The molecule has 3 nitrogen and oxygen atoms in total. The third kappa shape index (κ3) is 1.69. The molecule has 1 aliphatic rings. The van der Waals surface area contributed by atoms with Crippen molar-refractivity contribution in [2.24, 2.45) is 0 Å². The molecule has 0 saturated carbocycles. The van der Waals surface area contributed by atoms with Gasteiger partial charge in [0.2, 0.25) is 0 Å². The molecule has 2 aromatic carbocycles. The number of carbonyl (C=O) groups is 2. The fraction of sp³-hybridized carbons (Fsp3) is 0. The Morgan fingerprint density at radius 3 is 2.00 bits per heavy atom. The fourth-order valence-electron chi connectivity index (χ4n) is 2.27. The van der Waals surface area contributed by atoms with Gasteiger partial charge in [0.25, 0.3) is 0 Å². The number of halogens is 2. The quantitative estimate of drug-likeness (QED) is 0.606. The molecule has 3 rings (SSSR count). The normalized spacial score (nSPS) is 13.2. The van der Waals surface area contributed by atoms with E-state index in [9.17, 15) is 9.59 Å². The molecule has 0 aromatic heterocycles. The van der Waals surface area contributed by atoms with Crippen molar-refractivity contribution in [1.29, 1.82) is 0 Å². The first-order valence-corrected chi connectivity index (χ1v) is 7.07. The molecule has 0 saturated heterocycles. The Labute approximate surface area is 126 Å². The van der Waals surface area contributed by atoms with Gasteiger partial charge < -0.3 is 5.73 Å². The van der Waals surface area contributed by atoms with Crippen LogP contribution in [0.4, 0.5) is 5.69 Å². The third-order valence-corrected chi connectivity index (χ3v) is 4.45. The number of nitrogen functional groups attached to an aromatic ring is 1. The molecule has 94 valence electrons. The van der Waals surface area contributed by atoms with E-state index in [-0.39, 0.29) is 11.6 Å². The molecular formula is C14H7Br2NO2. The van der Waals surface area contributed by atoms with Crippen LogP contribution in [-0.4, -0.2) is 11.6 Å². The number of hydrogen-bond acceptors (Lipinski definition) is 3. The molecule has 0 amide bonds. The van der Waals surface area contributed by atoms with Crippen LogP contribution in [0.15, 0.2) is 39.3 Å². The zero-order valence-corrected chi connectivity index (χ0v) is 12.7. The predicted molar refractivity (Wildman–Crippen MR) is 79.6 cm³/mol. The standard InChI is InChI=1S/C14H7Br2NO2/c15-7-4-5-8(16)12-11(7)13(18)6-2-1-3-9(17)10(6)14(12)19/h1-5H,17H2. The Balaban J connectivity index is 2.43. The minimum Gasteiger partial charge on any atom is -0.398 e. The SMILES string of the molecule is Nc1cccc2c1C(=O)c1c(Br)ccc(Br)c1C2=O. The van der Waals surface area contributed by atoms with Crippen LogP contribution < -0.4 is 5.73 Å². The second-order valence-electron chi connectivity index (χ2n) is 4.21. The lowest BCUT2D eigenvalue weighted by Gasteiger charge is -2.20. The van der Waals surface area contributed by atoms with E-state index in [1.54, 1.807) is 30.3 Å². The first-order valence-electron chi connectivity index (χ1n) is 5.48. The summed E-state index contributed by atoms with van der Waals surface area (Å²) in [7, 11) is 0. The van der Waals surface area contributed by atoms with Crippen LogP contribution in [0, 0.1) is 0 Å². The van der Waals surface area contributed by atoms with Crippen LogP contribution in [0.5, 0.6) is 0 Å². The van der Waals surface area contributed by atoms with E-state index in [0.29, 0.717) is 36.9 Å². The molecule has 0 unspecified atom stereocenters. The van der Waals surface area contributed by atoms with Gasteiger partial charge in [0, 0.05) is 31.3 Å². The monoisotopic (exact) mass is 379 g/mol. The fourth-order valence-corrected chi connectivity index (χ4v) is 3.29. The summed E-state index contributed by atoms with van der Waals surface area (Å²) in [6.07, 6.45) is 0. The van der Waals surface area contributed by atoms with Crippen LogP contribution >= 0.6 is 31.9 Å². The molecule has 0 fully saturated rings. The van der Waals surface area contributed by atoms with E-state index in [2.05, 4.69) is 31.9 Å². The number of rotatable bonds is 0. The topological polar surface area (TPSA) is 60.2 Å². The highest BCUT2D eigenvalue weighted by Crippen LogP contribution is 2.37. The van der Waals surface area contributed by atoms with Crippen LogP contribution in [-0.2, 0) is 0 Å². The first-order chi connectivity index (χ1) is 9.02. The maximum atomic E-state index is 12.6. The molecule has 19 heavy (non-hydrogen) atoms. The summed E-state index contributed by atoms with van der Waals surface area (Å²) in [4.78, 5) is 25.1. The molecule has 1 aliphatic carbocycles. The highest BCUT2D eigenvalue weighted by atomic mass is 79.9. The number of ketones is 2. The summed E-state index contributed by atoms with van der Waals surface area (Å²) in [5, 5.41) is 0. The van der Waals surface area contributed by atoms with Gasteiger partial charge in [-0.25, -0.2) is 0 Å². The summed E-state index contributed by atoms with van der Waals surface area (Å²) in [6.45, 7) is 0. The molecule has 0 spiro atoms. The van der Waals surface area contributed by atoms with Crippen LogP contribution in [0.25, 0.3) is 0 Å². The maximum Gasteiger partial charge on any atom is 0.197 e. The van der Waals surface area contributed by atoms with E-state index in [1.165, 1.54) is 0 Å². The Morgan fingerprint density at radius 2 is 1.37 bits per heavy atom.